The van der Waals surface area contributed by atoms with Crippen LogP contribution < -0.4 is 70.0 Å². The number of hydrogen-bond donors (Lipinski definition) is 1. The average molecular weight is 281 g/mol. The Balaban J connectivity index is -0.0000000833. The van der Waals surface area contributed by atoms with Crippen molar-refractivity contribution in [3.8, 4) is 0 Å². The van der Waals surface area contributed by atoms with Crippen LogP contribution in [0.1, 0.15) is 0 Å². The molecule has 0 spiro atoms. The van der Waals surface area contributed by atoms with Gasteiger partial charge in [0.15, 0.2) is 0 Å². The van der Waals surface area contributed by atoms with Crippen LogP contribution in [0.15, 0.2) is 0 Å². The quantitative estimate of drug-likeness (QED) is 0.300. The van der Waals surface area contributed by atoms with Gasteiger partial charge in [0.2, 0.25) is 0 Å². The van der Waals surface area contributed by atoms with Crippen molar-refractivity contribution in [3.63, 3.8) is 0 Å². The van der Waals surface area contributed by atoms with Gasteiger partial charge in [0.25, 0.3) is 0 Å². The predicted molar refractivity (Wildman–Crippen MR) is 42.4 cm³/mol. The molecular formula is C3H9NNa2O7S2. The summed E-state index contributed by atoms with van der Waals surface area (Å²) in [6, 6.07) is -1.43. The number of nitrogens with two attached hydrogens (primary N) is 1. The van der Waals surface area contributed by atoms with E-state index in [1.807, 2.05) is 0 Å². The zero-order valence-electron chi connectivity index (χ0n) is 8.22. The maximum Gasteiger partial charge on any atom is 1.00 e. The molecule has 0 aromatic rings. The zero-order chi connectivity index (χ0) is 9.07. The van der Waals surface area contributed by atoms with Crippen molar-refractivity contribution in [2.24, 2.45) is 5.73 Å². The van der Waals surface area contributed by atoms with E-state index in [2.05, 4.69) is 0 Å². The molecule has 0 rings (SSSR count). The van der Waals surface area contributed by atoms with Gasteiger partial charge in [-0.2, -0.15) is 0 Å². The number of carboxylic acid groups (broad SMARTS) is 1. The van der Waals surface area contributed by atoms with Gasteiger partial charge >= 0.3 is 59.1 Å². The van der Waals surface area contributed by atoms with Crippen LogP contribution in [0.4, 0.5) is 0 Å². The molecule has 12 heteroatoms. The van der Waals surface area contributed by atoms with Gasteiger partial charge in [-0.05, 0) is 10.8 Å². The molecule has 82 valence electrons. The molecule has 0 radical (unpaired) electrons. The Morgan fingerprint density at radius 1 is 1.33 bits per heavy atom. The first-order chi connectivity index (χ1) is 4.83. The van der Waals surface area contributed by atoms with Crippen LogP contribution in [0.25, 0.3) is 0 Å². The fourth-order valence-corrected chi connectivity index (χ4v) is 1.61. The van der Waals surface area contributed by atoms with E-state index in [-0.39, 0.29) is 80.9 Å². The van der Waals surface area contributed by atoms with E-state index in [0.29, 0.717) is 0 Å². The van der Waals surface area contributed by atoms with Crippen LogP contribution in [-0.2, 0) is 13.9 Å². The van der Waals surface area contributed by atoms with E-state index in [4.69, 9.17) is 5.73 Å². The van der Waals surface area contributed by atoms with Crippen LogP contribution in [-0.4, -0.2) is 41.7 Å². The Labute approximate surface area is 135 Å². The van der Waals surface area contributed by atoms with Crippen molar-refractivity contribution in [2.75, 3.05) is 5.75 Å². The van der Waals surface area contributed by atoms with Crippen LogP contribution in [0.2, 0.25) is 0 Å². The normalized spacial score (nSPS) is 10.5. The first-order valence-corrected chi connectivity index (χ1v) is 5.30. The largest absolute Gasteiger partial charge is 1.00 e. The summed E-state index contributed by atoms with van der Waals surface area (Å²) in [6.45, 7) is 0. The van der Waals surface area contributed by atoms with Gasteiger partial charge in [-0.1, -0.05) is 0 Å². The molecule has 0 heterocycles. The first kappa shape index (κ1) is 30.0. The third kappa shape index (κ3) is 21.5. The molecule has 0 saturated heterocycles. The number of carboxylic acids is 1. The van der Waals surface area contributed by atoms with Crippen molar-refractivity contribution in [1.82, 2.24) is 0 Å². The second-order valence-corrected chi connectivity index (χ2v) is 4.94. The summed E-state index contributed by atoms with van der Waals surface area (Å²) < 4.78 is 29.7. The molecule has 8 nitrogen and oxygen atoms in total. The van der Waals surface area contributed by atoms with E-state index < -0.39 is 26.9 Å². The van der Waals surface area contributed by atoms with Crippen LogP contribution in [0, 0.1) is 0 Å². The van der Waals surface area contributed by atoms with E-state index in [9.17, 15) is 22.9 Å². The molecule has 15 heavy (non-hydrogen) atoms. The van der Waals surface area contributed by atoms with Gasteiger partial charge in [-0.25, -0.2) is 8.42 Å². The van der Waals surface area contributed by atoms with Gasteiger partial charge < -0.3 is 31.1 Å². The maximum atomic E-state index is 9.90. The second kappa shape index (κ2) is 13.7. The molecule has 0 saturated carbocycles. The summed E-state index contributed by atoms with van der Waals surface area (Å²) in [7, 11) is -4.52. The van der Waals surface area contributed by atoms with E-state index in [1.54, 1.807) is 0 Å². The molecule has 0 bridgehead atoms. The van der Waals surface area contributed by atoms with Crippen molar-refractivity contribution in [1.29, 1.82) is 0 Å². The molecule has 0 aliphatic rings. The number of rotatable bonds is 4. The molecule has 0 aromatic heterocycles. The van der Waals surface area contributed by atoms with Crippen molar-refractivity contribution < 1.29 is 92.9 Å². The maximum absolute atomic E-state index is 9.90. The topological polar surface area (TPSA) is 186 Å². The minimum Gasteiger partial charge on any atom is -0.739 e. The Hall–Kier alpha value is 1.61. The Kier molecular flexibility index (Phi) is 27.4. The molecule has 6 N–H and O–H groups in total. The van der Waals surface area contributed by atoms with Gasteiger partial charge in [-0.15, -0.1) is 0 Å². The van der Waals surface area contributed by atoms with Gasteiger partial charge in [0.05, 0.1) is 12.0 Å². The molecule has 0 fully saturated rings. The molecule has 0 amide bonds. The van der Waals surface area contributed by atoms with E-state index in [1.165, 1.54) is 0 Å². The van der Waals surface area contributed by atoms with Gasteiger partial charge in [0.1, 0.15) is 9.15 Å². The molecule has 0 aromatic carbocycles. The Bertz CT molecular complexity index is 245. The van der Waals surface area contributed by atoms with Crippen molar-refractivity contribution >= 4 is 25.9 Å². The second-order valence-electron chi connectivity index (χ2n) is 1.62. The summed E-state index contributed by atoms with van der Waals surface area (Å²) in [6.07, 6.45) is 0. The summed E-state index contributed by atoms with van der Waals surface area (Å²) in [4.78, 5) is 9.87. The smallest absolute Gasteiger partial charge is 0.739 e. The van der Waals surface area contributed by atoms with Crippen LogP contribution >= 0.6 is 10.8 Å². The number of carbonyl (C=O) groups is 1. The van der Waals surface area contributed by atoms with Gasteiger partial charge in [-0.3, -0.25) is 0 Å². The number of hydrogen-bond acceptors (Lipinski definition) is 7. The minimum atomic E-state index is -4.46. The Morgan fingerprint density at radius 2 is 1.67 bits per heavy atom. The zero-order valence-corrected chi connectivity index (χ0v) is 13.9. The molecular weight excluding hydrogens is 272 g/mol. The standard InChI is InChI=1S/C3H7NO5S2.2Na.2H2O/c4-2(3(5)6)1-10-11(7,8)9;;;;/h2H,1,4H2,(H,5,6)(H,7,8,9);;;2*1H2/q;2*+1;;/p-2/t2-;;;;/m0..../s1. The number of aliphatic carboxylic acids is 1. The molecule has 0 unspecified atom stereocenters. The molecule has 0 aliphatic heterocycles. The average Bonchev–Trinajstić information content (AvgIpc) is 1.80. The first-order valence-electron chi connectivity index (χ1n) is 2.39. The fourth-order valence-electron chi connectivity index (χ4n) is 0.225. The summed E-state index contributed by atoms with van der Waals surface area (Å²) in [5.74, 6) is -2.07. The Morgan fingerprint density at radius 3 is 1.87 bits per heavy atom. The van der Waals surface area contributed by atoms with Crippen molar-refractivity contribution in [3.05, 3.63) is 0 Å². The molecule has 1 atom stereocenters. The predicted octanol–water partition coefficient (Wildman–Crippen LogP) is -10.4. The third-order valence-corrected chi connectivity index (χ3v) is 2.75. The minimum absolute atomic E-state index is 0. The molecule has 0 aliphatic carbocycles. The number of carbonyl (C=O) groups excluding carboxylic acids is 1. The fraction of sp³-hybridized carbons (Fsp3) is 0.667. The summed E-state index contributed by atoms with van der Waals surface area (Å²) in [5, 5.41) is 9.87. The summed E-state index contributed by atoms with van der Waals surface area (Å²) in [5.41, 5.74) is 4.84. The van der Waals surface area contributed by atoms with E-state index in [0.717, 1.165) is 0 Å². The van der Waals surface area contributed by atoms with Crippen LogP contribution in [0.5, 0.6) is 0 Å². The monoisotopic (exact) mass is 281 g/mol. The third-order valence-electron chi connectivity index (χ3n) is 0.695. The van der Waals surface area contributed by atoms with E-state index >= 15 is 0 Å². The van der Waals surface area contributed by atoms with Crippen LogP contribution in [0.3, 0.4) is 0 Å². The van der Waals surface area contributed by atoms with Crippen molar-refractivity contribution in [2.45, 2.75) is 6.04 Å². The summed E-state index contributed by atoms with van der Waals surface area (Å²) >= 11 is 0. The van der Waals surface area contributed by atoms with Gasteiger partial charge in [0, 0.05) is 5.75 Å². The SMILES string of the molecule is N[C@@H](CSS(=O)(=O)[O-])C(=O)[O-].O.O.[Na+].[Na+].